The van der Waals surface area contributed by atoms with Crippen molar-refractivity contribution < 1.29 is 27.5 Å². The number of aromatic nitrogens is 2. The summed E-state index contributed by atoms with van der Waals surface area (Å²) in [5.74, 6) is -1.33. The van der Waals surface area contributed by atoms with Crippen LogP contribution in [0.4, 0.5) is 23.8 Å². The van der Waals surface area contributed by atoms with Gasteiger partial charge >= 0.3 is 12.3 Å². The average Bonchev–Trinajstić information content (AvgIpc) is 2.97. The van der Waals surface area contributed by atoms with E-state index in [0.29, 0.717) is 11.3 Å². The molecule has 0 bridgehead atoms. The topological polar surface area (TPSA) is 85.2 Å². The molecule has 1 aliphatic heterocycles. The van der Waals surface area contributed by atoms with Gasteiger partial charge in [-0.2, -0.15) is 17.9 Å². The zero-order valence-electron chi connectivity index (χ0n) is 14.7. The van der Waals surface area contributed by atoms with E-state index in [2.05, 4.69) is 15.7 Å². The van der Waals surface area contributed by atoms with Crippen LogP contribution in [-0.4, -0.2) is 34.6 Å². The fourth-order valence-corrected chi connectivity index (χ4v) is 2.46. The molecule has 25 heavy (non-hydrogen) atoms. The van der Waals surface area contributed by atoms with Crippen molar-refractivity contribution in [3.8, 4) is 0 Å². The largest absolute Gasteiger partial charge is 0.448 e. The Bertz CT molecular complexity index is 708. The number of nitrogens with zero attached hydrogens (tertiary/aromatic N) is 2. The van der Waals surface area contributed by atoms with Gasteiger partial charge in [0.2, 0.25) is 5.91 Å². The quantitative estimate of drug-likeness (QED) is 0.864. The fourth-order valence-electron chi connectivity index (χ4n) is 2.46. The molecule has 0 aliphatic carbocycles. The van der Waals surface area contributed by atoms with Crippen LogP contribution in [0.1, 0.15) is 45.9 Å². The van der Waals surface area contributed by atoms with E-state index < -0.39 is 29.1 Å². The summed E-state index contributed by atoms with van der Waals surface area (Å²) in [6.45, 7) is 7.15. The molecule has 7 nitrogen and oxygen atoms in total. The Hall–Kier alpha value is -2.10. The highest BCUT2D eigenvalue weighted by molar-refractivity contribution is 5.95. The second kappa shape index (κ2) is 6.01. The number of ether oxygens (including phenoxy) is 1. The van der Waals surface area contributed by atoms with Crippen molar-refractivity contribution in [3.63, 3.8) is 0 Å². The first kappa shape index (κ1) is 19.2. The summed E-state index contributed by atoms with van der Waals surface area (Å²) in [5, 5.41) is 9.31. The van der Waals surface area contributed by atoms with Crippen LogP contribution in [0.25, 0.3) is 0 Å². The summed E-state index contributed by atoms with van der Waals surface area (Å²) >= 11 is 0. The number of carbonyl (C=O) groups is 2. The van der Waals surface area contributed by atoms with Crippen LogP contribution < -0.4 is 10.6 Å². The van der Waals surface area contributed by atoms with Crippen LogP contribution in [0.15, 0.2) is 0 Å². The minimum Gasteiger partial charge on any atom is -0.448 e. The first-order chi connectivity index (χ1) is 11.3. The number of anilines is 1. The Kier molecular flexibility index (Phi) is 4.62. The molecule has 2 N–H and O–H groups in total. The van der Waals surface area contributed by atoms with E-state index in [9.17, 15) is 22.8 Å². The van der Waals surface area contributed by atoms with Crippen molar-refractivity contribution in [2.75, 3.05) is 11.9 Å². The number of hydrogen-bond donors (Lipinski definition) is 2. The minimum absolute atomic E-state index is 0.0801. The summed E-state index contributed by atoms with van der Waals surface area (Å²) in [7, 11) is 0. The molecule has 0 spiro atoms. The molecule has 0 saturated heterocycles. The Morgan fingerprint density at radius 3 is 2.48 bits per heavy atom. The Balaban J connectivity index is 2.43. The van der Waals surface area contributed by atoms with E-state index in [1.807, 2.05) is 0 Å². The Morgan fingerprint density at radius 2 is 1.96 bits per heavy atom. The van der Waals surface area contributed by atoms with Crippen LogP contribution in [0.2, 0.25) is 0 Å². The lowest BCUT2D eigenvalue weighted by Gasteiger charge is -2.25. The van der Waals surface area contributed by atoms with Crippen LogP contribution in [0.5, 0.6) is 0 Å². The lowest BCUT2D eigenvalue weighted by atomic mass is 9.91. The van der Waals surface area contributed by atoms with Crippen molar-refractivity contribution in [3.05, 3.63) is 11.3 Å². The second-order valence-electron chi connectivity index (χ2n) is 6.84. The van der Waals surface area contributed by atoms with Crippen molar-refractivity contribution in [2.45, 2.75) is 52.9 Å². The molecule has 0 atom stereocenters. The van der Waals surface area contributed by atoms with Gasteiger partial charge in [0.15, 0.2) is 5.82 Å². The third kappa shape index (κ3) is 3.22. The highest BCUT2D eigenvalue weighted by atomic mass is 19.4. The predicted octanol–water partition coefficient (Wildman–Crippen LogP) is 2.75. The van der Waals surface area contributed by atoms with Crippen LogP contribution in [-0.2, 0) is 21.6 Å². The number of amides is 1. The first-order valence-corrected chi connectivity index (χ1v) is 7.75. The zero-order valence-corrected chi connectivity index (χ0v) is 14.7. The number of alkyl halides is 3. The van der Waals surface area contributed by atoms with E-state index in [1.165, 1.54) is 0 Å². The maximum Gasteiger partial charge on any atom is 0.435 e. The molecule has 0 fully saturated rings. The molecule has 1 aromatic rings. The van der Waals surface area contributed by atoms with Gasteiger partial charge in [-0.25, -0.2) is 4.79 Å². The zero-order chi connectivity index (χ0) is 19.2. The maximum atomic E-state index is 13.0. The number of hydrogen-bond acceptors (Lipinski definition) is 5. The standard InChI is InChI=1S/C15H21F3N4O3/c1-6-25-12(24)22-9-8(7-19-14(9,4)5)10(21-22)20-11(23)13(2,3)15(16,17)18/h19H,6-7H2,1-5H3,(H,20,21,23). The molecular formula is C15H21F3N4O3. The second-order valence-corrected chi connectivity index (χ2v) is 6.84. The molecule has 2 rings (SSSR count). The van der Waals surface area contributed by atoms with E-state index in [1.54, 1.807) is 20.8 Å². The van der Waals surface area contributed by atoms with E-state index in [4.69, 9.17) is 4.74 Å². The molecule has 2 heterocycles. The van der Waals surface area contributed by atoms with Gasteiger partial charge in [-0.1, -0.05) is 0 Å². The molecule has 1 aromatic heterocycles. The Labute approximate surface area is 142 Å². The van der Waals surface area contributed by atoms with Gasteiger partial charge < -0.3 is 15.4 Å². The van der Waals surface area contributed by atoms with Gasteiger partial charge in [-0.15, -0.1) is 5.10 Å². The SMILES string of the molecule is CCOC(=O)n1nc(NC(=O)C(C)(C)C(F)(F)F)c2c1C(C)(C)NC2. The fraction of sp³-hybridized carbons (Fsp3) is 0.667. The van der Waals surface area contributed by atoms with Gasteiger partial charge in [0.1, 0.15) is 5.41 Å². The van der Waals surface area contributed by atoms with Crippen LogP contribution in [0, 0.1) is 5.41 Å². The summed E-state index contributed by atoms with van der Waals surface area (Å²) in [5.41, 5.74) is -2.34. The lowest BCUT2D eigenvalue weighted by Crippen LogP contribution is -2.43. The molecule has 10 heteroatoms. The third-order valence-electron chi connectivity index (χ3n) is 4.23. The molecular weight excluding hydrogens is 341 g/mol. The number of rotatable bonds is 3. The predicted molar refractivity (Wildman–Crippen MR) is 83.0 cm³/mol. The number of nitrogens with one attached hydrogen (secondary N) is 2. The third-order valence-corrected chi connectivity index (χ3v) is 4.23. The summed E-state index contributed by atoms with van der Waals surface area (Å²) in [6.07, 6.45) is -5.48. The molecule has 1 amide bonds. The maximum absolute atomic E-state index is 13.0. The van der Waals surface area contributed by atoms with E-state index >= 15 is 0 Å². The van der Waals surface area contributed by atoms with Gasteiger partial charge in [0.05, 0.1) is 17.8 Å². The van der Waals surface area contributed by atoms with Crippen LogP contribution >= 0.6 is 0 Å². The first-order valence-electron chi connectivity index (χ1n) is 7.75. The summed E-state index contributed by atoms with van der Waals surface area (Å²) in [4.78, 5) is 24.2. The van der Waals surface area contributed by atoms with Gasteiger partial charge in [-0.3, -0.25) is 4.79 Å². The normalized spacial score (nSPS) is 16.5. The number of carbonyl (C=O) groups excluding carboxylic acids is 2. The monoisotopic (exact) mass is 362 g/mol. The molecule has 140 valence electrons. The number of fused-ring (bicyclic) bond motifs is 1. The van der Waals surface area contributed by atoms with Gasteiger partial charge in [0.25, 0.3) is 0 Å². The van der Waals surface area contributed by atoms with Crippen molar-refractivity contribution in [1.29, 1.82) is 0 Å². The van der Waals surface area contributed by atoms with Crippen molar-refractivity contribution in [2.24, 2.45) is 5.41 Å². The minimum atomic E-state index is -4.72. The lowest BCUT2D eigenvalue weighted by molar-refractivity contribution is -0.208. The van der Waals surface area contributed by atoms with Gasteiger partial charge in [0, 0.05) is 12.1 Å². The van der Waals surface area contributed by atoms with Crippen molar-refractivity contribution in [1.82, 2.24) is 15.1 Å². The molecule has 0 radical (unpaired) electrons. The summed E-state index contributed by atoms with van der Waals surface area (Å²) in [6, 6.07) is 0. The van der Waals surface area contributed by atoms with Crippen molar-refractivity contribution >= 4 is 17.8 Å². The smallest absolute Gasteiger partial charge is 0.435 e. The highest BCUT2D eigenvalue weighted by Gasteiger charge is 2.53. The van der Waals surface area contributed by atoms with Gasteiger partial charge in [-0.05, 0) is 34.6 Å². The number of halogens is 3. The Morgan fingerprint density at radius 1 is 1.36 bits per heavy atom. The highest BCUT2D eigenvalue weighted by Crippen LogP contribution is 2.40. The summed E-state index contributed by atoms with van der Waals surface area (Å²) < 4.78 is 45.0. The molecule has 0 saturated carbocycles. The molecule has 0 aromatic carbocycles. The van der Waals surface area contributed by atoms with E-state index in [0.717, 1.165) is 18.5 Å². The average molecular weight is 362 g/mol. The van der Waals surface area contributed by atoms with Crippen LogP contribution in [0.3, 0.4) is 0 Å². The molecule has 1 aliphatic rings. The molecule has 0 unspecified atom stereocenters. The van der Waals surface area contributed by atoms with E-state index in [-0.39, 0.29) is 19.0 Å².